The second-order valence-corrected chi connectivity index (χ2v) is 5.63. The van der Waals surface area contributed by atoms with Crippen LogP contribution in [0.4, 0.5) is 5.95 Å². The van der Waals surface area contributed by atoms with Crippen LogP contribution in [-0.2, 0) is 0 Å². The van der Waals surface area contributed by atoms with Gasteiger partial charge in [-0.25, -0.2) is 9.97 Å². The van der Waals surface area contributed by atoms with Crippen LogP contribution in [0.15, 0.2) is 12.3 Å². The first-order valence-electron chi connectivity index (χ1n) is 7.21. The standard InChI is InChI=1S/C14H22N4O/c1-11-5-6-15-14(16-11)18-9-12(13(19)10-18)17-7-3-2-4-8-17/h5-6,12-13,19H,2-4,7-10H2,1H3/t12-,13-/m0/s1. The van der Waals surface area contributed by atoms with Crippen LogP contribution in [0.1, 0.15) is 25.0 Å². The third kappa shape index (κ3) is 2.72. The van der Waals surface area contributed by atoms with Gasteiger partial charge in [0, 0.05) is 25.0 Å². The highest BCUT2D eigenvalue weighted by Crippen LogP contribution is 2.23. The number of piperidine rings is 1. The molecule has 2 fully saturated rings. The van der Waals surface area contributed by atoms with Crippen LogP contribution in [-0.4, -0.2) is 58.3 Å². The van der Waals surface area contributed by atoms with E-state index in [0.717, 1.165) is 31.3 Å². The summed E-state index contributed by atoms with van der Waals surface area (Å²) in [6, 6.07) is 2.14. The molecule has 0 spiro atoms. The summed E-state index contributed by atoms with van der Waals surface area (Å²) in [7, 11) is 0. The molecule has 2 aliphatic rings. The van der Waals surface area contributed by atoms with E-state index < -0.39 is 0 Å². The molecule has 5 nitrogen and oxygen atoms in total. The second kappa shape index (κ2) is 5.43. The van der Waals surface area contributed by atoms with E-state index in [1.807, 2.05) is 13.0 Å². The largest absolute Gasteiger partial charge is 0.390 e. The van der Waals surface area contributed by atoms with Gasteiger partial charge in [0.05, 0.1) is 12.1 Å². The Morgan fingerprint density at radius 2 is 2.00 bits per heavy atom. The van der Waals surface area contributed by atoms with E-state index >= 15 is 0 Å². The monoisotopic (exact) mass is 262 g/mol. The van der Waals surface area contributed by atoms with Crippen LogP contribution in [0, 0.1) is 6.92 Å². The van der Waals surface area contributed by atoms with E-state index in [1.54, 1.807) is 6.20 Å². The topological polar surface area (TPSA) is 52.5 Å². The number of aliphatic hydroxyl groups is 1. The fourth-order valence-electron chi connectivity index (χ4n) is 3.13. The molecule has 0 aromatic carbocycles. The van der Waals surface area contributed by atoms with Crippen molar-refractivity contribution in [1.29, 1.82) is 0 Å². The molecular formula is C14H22N4O. The number of aryl methyl sites for hydroxylation is 1. The summed E-state index contributed by atoms with van der Waals surface area (Å²) in [6.07, 6.45) is 5.33. The summed E-state index contributed by atoms with van der Waals surface area (Å²) in [5.74, 6) is 0.749. The Hall–Kier alpha value is -1.20. The van der Waals surface area contributed by atoms with Crippen molar-refractivity contribution in [3.05, 3.63) is 18.0 Å². The average Bonchev–Trinajstić information content (AvgIpc) is 2.82. The maximum atomic E-state index is 10.3. The van der Waals surface area contributed by atoms with Crippen molar-refractivity contribution in [3.63, 3.8) is 0 Å². The minimum atomic E-state index is -0.290. The highest BCUT2D eigenvalue weighted by molar-refractivity contribution is 5.33. The summed E-state index contributed by atoms with van der Waals surface area (Å²) in [4.78, 5) is 13.3. The van der Waals surface area contributed by atoms with Gasteiger partial charge in [0.2, 0.25) is 5.95 Å². The molecule has 1 aromatic heterocycles. The maximum absolute atomic E-state index is 10.3. The van der Waals surface area contributed by atoms with Gasteiger partial charge in [0.1, 0.15) is 0 Å². The molecule has 3 heterocycles. The Morgan fingerprint density at radius 1 is 1.21 bits per heavy atom. The first-order chi connectivity index (χ1) is 9.24. The third-order valence-corrected chi connectivity index (χ3v) is 4.18. The Bertz CT molecular complexity index is 433. The number of likely N-dealkylation sites (tertiary alicyclic amines) is 1. The van der Waals surface area contributed by atoms with Crippen molar-refractivity contribution in [2.45, 2.75) is 38.3 Å². The van der Waals surface area contributed by atoms with Gasteiger partial charge in [-0.1, -0.05) is 6.42 Å². The van der Waals surface area contributed by atoms with Crippen LogP contribution in [0.2, 0.25) is 0 Å². The summed E-state index contributed by atoms with van der Waals surface area (Å²) < 4.78 is 0. The van der Waals surface area contributed by atoms with E-state index in [1.165, 1.54) is 19.3 Å². The van der Waals surface area contributed by atoms with Crippen LogP contribution in [0.3, 0.4) is 0 Å². The van der Waals surface area contributed by atoms with Gasteiger partial charge in [0.25, 0.3) is 0 Å². The smallest absolute Gasteiger partial charge is 0.225 e. The Morgan fingerprint density at radius 3 is 2.74 bits per heavy atom. The zero-order chi connectivity index (χ0) is 13.2. The Kier molecular flexibility index (Phi) is 3.66. The summed E-state index contributed by atoms with van der Waals surface area (Å²) >= 11 is 0. The molecule has 3 rings (SSSR count). The van der Waals surface area contributed by atoms with Gasteiger partial charge < -0.3 is 10.0 Å². The molecule has 1 aromatic rings. The minimum Gasteiger partial charge on any atom is -0.390 e. The SMILES string of the molecule is Cc1ccnc(N2C[C@H](O)[C@@H](N3CCCCC3)C2)n1. The van der Waals surface area contributed by atoms with E-state index in [9.17, 15) is 5.11 Å². The number of hydrogen-bond donors (Lipinski definition) is 1. The quantitative estimate of drug-likeness (QED) is 0.855. The normalized spacial score (nSPS) is 28.8. The molecule has 1 N–H and O–H groups in total. The molecule has 2 saturated heterocycles. The van der Waals surface area contributed by atoms with Gasteiger partial charge in [-0.05, 0) is 38.9 Å². The fourth-order valence-corrected chi connectivity index (χ4v) is 3.13. The van der Waals surface area contributed by atoms with Crippen molar-refractivity contribution in [3.8, 4) is 0 Å². The molecule has 2 aliphatic heterocycles. The molecule has 5 heteroatoms. The third-order valence-electron chi connectivity index (χ3n) is 4.18. The van der Waals surface area contributed by atoms with Gasteiger partial charge in [-0.15, -0.1) is 0 Å². The van der Waals surface area contributed by atoms with Crippen LogP contribution in [0.5, 0.6) is 0 Å². The first-order valence-corrected chi connectivity index (χ1v) is 7.21. The lowest BCUT2D eigenvalue weighted by Gasteiger charge is -2.33. The number of anilines is 1. The van der Waals surface area contributed by atoms with Gasteiger partial charge >= 0.3 is 0 Å². The lowest BCUT2D eigenvalue weighted by Crippen LogP contribution is -2.45. The van der Waals surface area contributed by atoms with Crippen LogP contribution < -0.4 is 4.90 Å². The van der Waals surface area contributed by atoms with Crippen LogP contribution in [0.25, 0.3) is 0 Å². The molecule has 0 amide bonds. The molecule has 19 heavy (non-hydrogen) atoms. The van der Waals surface area contributed by atoms with E-state index in [-0.39, 0.29) is 12.1 Å². The van der Waals surface area contributed by atoms with Crippen LogP contribution >= 0.6 is 0 Å². The highest BCUT2D eigenvalue weighted by atomic mass is 16.3. The van der Waals surface area contributed by atoms with Gasteiger partial charge in [0.15, 0.2) is 0 Å². The predicted octanol–water partition coefficient (Wildman–Crippen LogP) is 0.820. The number of aliphatic hydroxyl groups excluding tert-OH is 1. The van der Waals surface area contributed by atoms with Crippen molar-refractivity contribution >= 4 is 5.95 Å². The molecule has 0 saturated carbocycles. The zero-order valence-electron chi connectivity index (χ0n) is 11.5. The first kappa shape index (κ1) is 12.8. The van der Waals surface area contributed by atoms with Crippen molar-refractivity contribution in [1.82, 2.24) is 14.9 Å². The predicted molar refractivity (Wildman–Crippen MR) is 74.2 cm³/mol. The van der Waals surface area contributed by atoms with E-state index in [4.69, 9.17) is 0 Å². The summed E-state index contributed by atoms with van der Waals surface area (Å²) in [5.41, 5.74) is 0.973. The van der Waals surface area contributed by atoms with Crippen molar-refractivity contribution in [2.75, 3.05) is 31.1 Å². The molecule has 0 aliphatic carbocycles. The molecule has 2 atom stereocenters. The van der Waals surface area contributed by atoms with Gasteiger partial charge in [-0.3, -0.25) is 4.90 Å². The van der Waals surface area contributed by atoms with Crippen molar-refractivity contribution < 1.29 is 5.11 Å². The Labute approximate surface area is 114 Å². The Balaban J connectivity index is 1.70. The lowest BCUT2D eigenvalue weighted by atomic mass is 10.1. The number of nitrogens with zero attached hydrogens (tertiary/aromatic N) is 4. The fraction of sp³-hybridized carbons (Fsp3) is 0.714. The zero-order valence-corrected chi connectivity index (χ0v) is 11.5. The molecular weight excluding hydrogens is 240 g/mol. The molecule has 0 unspecified atom stereocenters. The summed E-state index contributed by atoms with van der Waals surface area (Å²) in [6.45, 7) is 5.68. The van der Waals surface area contributed by atoms with Gasteiger partial charge in [-0.2, -0.15) is 0 Å². The summed E-state index contributed by atoms with van der Waals surface area (Å²) in [5, 5.41) is 10.3. The van der Waals surface area contributed by atoms with Crippen molar-refractivity contribution in [2.24, 2.45) is 0 Å². The van der Waals surface area contributed by atoms with E-state index in [0.29, 0.717) is 6.54 Å². The number of aromatic nitrogens is 2. The number of rotatable bonds is 2. The second-order valence-electron chi connectivity index (χ2n) is 5.63. The average molecular weight is 262 g/mol. The molecule has 0 radical (unpaired) electrons. The molecule has 104 valence electrons. The minimum absolute atomic E-state index is 0.240. The number of hydrogen-bond acceptors (Lipinski definition) is 5. The molecule has 0 bridgehead atoms. The number of β-amino-alcohol motifs (C(OH)–C–C–N with tert-alkyl or cyclic N) is 1. The lowest BCUT2D eigenvalue weighted by molar-refractivity contribution is 0.0706. The highest BCUT2D eigenvalue weighted by Gasteiger charge is 2.36. The van der Waals surface area contributed by atoms with E-state index in [2.05, 4.69) is 19.8 Å². The maximum Gasteiger partial charge on any atom is 0.225 e.